The molecule has 0 saturated heterocycles. The standard InChI is InChI=1S/C17H15N5O2S/c1-3-22-16-13(20-17(22)14-9-19-24-21-14)8-18-10-15(16)25-12-6-4-5-11(7-12)23-2/h4-10H,3H2,1-2H3. The Morgan fingerprint density at radius 3 is 2.92 bits per heavy atom. The van der Waals surface area contributed by atoms with E-state index in [4.69, 9.17) is 9.37 Å². The molecule has 8 heteroatoms. The van der Waals surface area contributed by atoms with Crippen LogP contribution in [0.1, 0.15) is 6.92 Å². The fourth-order valence-corrected chi connectivity index (χ4v) is 3.69. The molecule has 0 amide bonds. The van der Waals surface area contributed by atoms with Gasteiger partial charge >= 0.3 is 0 Å². The molecule has 3 aromatic heterocycles. The Kier molecular flexibility index (Phi) is 4.10. The molecular formula is C17H15N5O2S. The van der Waals surface area contributed by atoms with E-state index in [1.54, 1.807) is 31.3 Å². The molecule has 25 heavy (non-hydrogen) atoms. The van der Waals surface area contributed by atoms with E-state index in [1.165, 1.54) is 0 Å². The van der Waals surface area contributed by atoms with Gasteiger partial charge in [0.25, 0.3) is 0 Å². The Hall–Kier alpha value is -2.87. The van der Waals surface area contributed by atoms with Gasteiger partial charge in [0, 0.05) is 17.6 Å². The van der Waals surface area contributed by atoms with Crippen LogP contribution in [0.5, 0.6) is 5.75 Å². The molecule has 0 aliphatic carbocycles. The molecule has 126 valence electrons. The summed E-state index contributed by atoms with van der Waals surface area (Å²) in [6.45, 7) is 2.81. The van der Waals surface area contributed by atoms with Crippen LogP contribution in [0.15, 0.2) is 57.3 Å². The molecule has 4 rings (SSSR count). The Balaban J connectivity index is 1.84. The Morgan fingerprint density at radius 1 is 1.24 bits per heavy atom. The van der Waals surface area contributed by atoms with Gasteiger partial charge in [-0.15, -0.1) is 0 Å². The zero-order chi connectivity index (χ0) is 17.2. The minimum atomic E-state index is 0.607. The van der Waals surface area contributed by atoms with E-state index in [-0.39, 0.29) is 0 Å². The molecule has 0 N–H and O–H groups in total. The summed E-state index contributed by atoms with van der Waals surface area (Å²) >= 11 is 1.62. The van der Waals surface area contributed by atoms with Crippen LogP contribution in [0.25, 0.3) is 22.6 Å². The third-order valence-corrected chi connectivity index (χ3v) is 4.80. The van der Waals surface area contributed by atoms with Crippen molar-refractivity contribution in [2.45, 2.75) is 23.3 Å². The summed E-state index contributed by atoms with van der Waals surface area (Å²) in [5, 5.41) is 7.59. The summed E-state index contributed by atoms with van der Waals surface area (Å²) < 4.78 is 12.1. The van der Waals surface area contributed by atoms with Crippen molar-refractivity contribution in [1.29, 1.82) is 0 Å². The summed E-state index contributed by atoms with van der Waals surface area (Å²) in [7, 11) is 1.66. The predicted molar refractivity (Wildman–Crippen MR) is 93.6 cm³/mol. The lowest BCUT2D eigenvalue weighted by atomic mass is 10.3. The van der Waals surface area contributed by atoms with Crippen molar-refractivity contribution in [3.05, 3.63) is 42.9 Å². The van der Waals surface area contributed by atoms with Gasteiger partial charge in [0.1, 0.15) is 17.5 Å². The first-order valence-electron chi connectivity index (χ1n) is 7.74. The van der Waals surface area contributed by atoms with Crippen molar-refractivity contribution in [3.8, 4) is 17.3 Å². The highest BCUT2D eigenvalue weighted by atomic mass is 32.2. The van der Waals surface area contributed by atoms with E-state index in [2.05, 4.69) is 31.8 Å². The number of hydrogen-bond donors (Lipinski definition) is 0. The highest BCUT2D eigenvalue weighted by molar-refractivity contribution is 7.99. The number of hydrogen-bond acceptors (Lipinski definition) is 7. The van der Waals surface area contributed by atoms with Crippen LogP contribution in [-0.2, 0) is 6.54 Å². The normalized spacial score (nSPS) is 11.1. The van der Waals surface area contributed by atoms with Crippen molar-refractivity contribution < 1.29 is 9.37 Å². The highest BCUT2D eigenvalue weighted by Crippen LogP contribution is 2.36. The fourth-order valence-electron chi connectivity index (χ4n) is 2.69. The van der Waals surface area contributed by atoms with Crippen LogP contribution < -0.4 is 4.74 Å². The number of pyridine rings is 1. The number of aryl methyl sites for hydroxylation is 1. The smallest absolute Gasteiger partial charge is 0.170 e. The zero-order valence-corrected chi connectivity index (χ0v) is 14.5. The first kappa shape index (κ1) is 15.6. The average molecular weight is 353 g/mol. The summed E-state index contributed by atoms with van der Waals surface area (Å²) in [5.74, 6) is 1.54. The Bertz CT molecular complexity index is 1010. The van der Waals surface area contributed by atoms with Crippen LogP contribution in [0.2, 0.25) is 0 Å². The third-order valence-electron chi connectivity index (χ3n) is 3.79. The quantitative estimate of drug-likeness (QED) is 0.542. The molecule has 0 saturated carbocycles. The number of ether oxygens (including phenoxy) is 1. The van der Waals surface area contributed by atoms with Crippen LogP contribution in [0, 0.1) is 0 Å². The molecule has 4 aromatic rings. The molecule has 0 unspecified atom stereocenters. The van der Waals surface area contributed by atoms with Gasteiger partial charge in [-0.1, -0.05) is 23.0 Å². The second-order valence-electron chi connectivity index (χ2n) is 5.26. The topological polar surface area (TPSA) is 78.9 Å². The average Bonchev–Trinajstić information content (AvgIpc) is 3.29. The second kappa shape index (κ2) is 6.56. The van der Waals surface area contributed by atoms with E-state index in [0.717, 1.165) is 38.9 Å². The van der Waals surface area contributed by atoms with E-state index in [1.807, 2.05) is 30.5 Å². The van der Waals surface area contributed by atoms with Crippen molar-refractivity contribution >= 4 is 22.8 Å². The maximum Gasteiger partial charge on any atom is 0.170 e. The molecule has 3 heterocycles. The van der Waals surface area contributed by atoms with Crippen molar-refractivity contribution in [1.82, 2.24) is 24.8 Å². The summed E-state index contributed by atoms with van der Waals surface area (Å²) in [6.07, 6.45) is 5.18. The highest BCUT2D eigenvalue weighted by Gasteiger charge is 2.18. The van der Waals surface area contributed by atoms with E-state index in [0.29, 0.717) is 5.69 Å². The van der Waals surface area contributed by atoms with Crippen molar-refractivity contribution in [2.75, 3.05) is 7.11 Å². The maximum absolute atomic E-state index is 5.31. The minimum absolute atomic E-state index is 0.607. The Morgan fingerprint density at radius 2 is 2.16 bits per heavy atom. The molecule has 0 bridgehead atoms. The second-order valence-corrected chi connectivity index (χ2v) is 6.37. The molecule has 1 aromatic carbocycles. The number of rotatable bonds is 5. The number of benzene rings is 1. The predicted octanol–water partition coefficient (Wildman–Crippen LogP) is 3.66. The molecule has 7 nitrogen and oxygen atoms in total. The third kappa shape index (κ3) is 2.85. The number of methoxy groups -OCH3 is 1. The zero-order valence-electron chi connectivity index (χ0n) is 13.7. The number of aromatic nitrogens is 5. The first-order valence-corrected chi connectivity index (χ1v) is 8.56. The number of nitrogens with zero attached hydrogens (tertiary/aromatic N) is 5. The van der Waals surface area contributed by atoms with Gasteiger partial charge in [-0.3, -0.25) is 4.98 Å². The van der Waals surface area contributed by atoms with Gasteiger partial charge in [-0.2, -0.15) is 0 Å². The van der Waals surface area contributed by atoms with Gasteiger partial charge in [-0.05, 0) is 30.3 Å². The monoisotopic (exact) mass is 353 g/mol. The maximum atomic E-state index is 5.31. The molecule has 0 aliphatic heterocycles. The lowest BCUT2D eigenvalue weighted by Crippen LogP contribution is -1.98. The van der Waals surface area contributed by atoms with Crippen LogP contribution in [0.3, 0.4) is 0 Å². The van der Waals surface area contributed by atoms with Gasteiger partial charge in [0.05, 0.1) is 23.7 Å². The van der Waals surface area contributed by atoms with E-state index >= 15 is 0 Å². The van der Waals surface area contributed by atoms with E-state index < -0.39 is 0 Å². The summed E-state index contributed by atoms with van der Waals surface area (Å²) in [4.78, 5) is 11.1. The number of fused-ring (bicyclic) bond motifs is 1. The van der Waals surface area contributed by atoms with Crippen molar-refractivity contribution in [3.63, 3.8) is 0 Å². The fraction of sp³-hybridized carbons (Fsp3) is 0.176. The van der Waals surface area contributed by atoms with E-state index in [9.17, 15) is 0 Å². The van der Waals surface area contributed by atoms with Gasteiger partial charge in [0.15, 0.2) is 11.5 Å². The summed E-state index contributed by atoms with van der Waals surface area (Å²) in [5.41, 5.74) is 2.44. The van der Waals surface area contributed by atoms with Crippen molar-refractivity contribution in [2.24, 2.45) is 0 Å². The molecular weight excluding hydrogens is 338 g/mol. The molecule has 0 spiro atoms. The molecule has 0 aliphatic rings. The largest absolute Gasteiger partial charge is 0.497 e. The van der Waals surface area contributed by atoms with Gasteiger partial charge in [0.2, 0.25) is 0 Å². The SMILES string of the molecule is CCn1c(-c2cnon2)nc2cncc(Sc3cccc(OC)c3)c21. The molecule has 0 atom stereocenters. The lowest BCUT2D eigenvalue weighted by Gasteiger charge is -2.08. The minimum Gasteiger partial charge on any atom is -0.497 e. The van der Waals surface area contributed by atoms with Crippen LogP contribution in [0.4, 0.5) is 0 Å². The number of imidazole rings is 1. The first-order chi connectivity index (χ1) is 12.3. The van der Waals surface area contributed by atoms with Crippen LogP contribution >= 0.6 is 11.8 Å². The lowest BCUT2D eigenvalue weighted by molar-refractivity contribution is 0.308. The Labute approximate surface area is 148 Å². The van der Waals surface area contributed by atoms with Gasteiger partial charge in [-0.25, -0.2) is 9.61 Å². The van der Waals surface area contributed by atoms with Gasteiger partial charge < -0.3 is 9.30 Å². The summed E-state index contributed by atoms with van der Waals surface area (Å²) in [6, 6.07) is 7.94. The molecule has 0 fully saturated rings. The molecule has 0 radical (unpaired) electrons. The van der Waals surface area contributed by atoms with Crippen LogP contribution in [-0.4, -0.2) is 32.0 Å².